The topological polar surface area (TPSA) is 84.9 Å². The molecule has 4 rings (SSSR count). The van der Waals surface area contributed by atoms with Crippen LogP contribution in [0.4, 0.5) is 11.4 Å². The van der Waals surface area contributed by atoms with Gasteiger partial charge in [0.1, 0.15) is 16.4 Å². The smallest absolute Gasteiger partial charge is 0.265 e. The standard InChI is InChI=1S/C22H20N2O5S/c1-3-24-17-8-4-5-9-19(17)29-18-13-12-15(14-16(18)22(24)25)23-30(26,27)21-11-7-6-10-20(21)28-2/h4-14,23H,3H2,1-2H3. The van der Waals surface area contributed by atoms with E-state index in [-0.39, 0.29) is 27.8 Å². The molecule has 0 saturated heterocycles. The summed E-state index contributed by atoms with van der Waals surface area (Å²) in [6, 6.07) is 18.2. The minimum atomic E-state index is -3.92. The van der Waals surface area contributed by atoms with Crippen LogP contribution in [0.3, 0.4) is 0 Å². The van der Waals surface area contributed by atoms with Gasteiger partial charge in [-0.25, -0.2) is 8.42 Å². The molecule has 1 heterocycles. The maximum absolute atomic E-state index is 13.2. The number of fused-ring (bicyclic) bond motifs is 2. The number of carbonyl (C=O) groups excluding carboxylic acids is 1. The van der Waals surface area contributed by atoms with Gasteiger partial charge in [-0.1, -0.05) is 24.3 Å². The van der Waals surface area contributed by atoms with Crippen molar-refractivity contribution < 1.29 is 22.7 Å². The fraction of sp³-hybridized carbons (Fsp3) is 0.136. The van der Waals surface area contributed by atoms with E-state index in [1.54, 1.807) is 41.3 Å². The number of carbonyl (C=O) groups is 1. The first-order valence-electron chi connectivity index (χ1n) is 9.33. The minimum absolute atomic E-state index is 0.00705. The Balaban J connectivity index is 1.73. The van der Waals surface area contributed by atoms with Gasteiger partial charge in [0, 0.05) is 12.2 Å². The Morgan fingerprint density at radius 2 is 1.73 bits per heavy atom. The summed E-state index contributed by atoms with van der Waals surface area (Å²) in [5, 5.41) is 0. The number of sulfonamides is 1. The highest BCUT2D eigenvalue weighted by atomic mass is 32.2. The highest BCUT2D eigenvalue weighted by molar-refractivity contribution is 7.92. The summed E-state index contributed by atoms with van der Waals surface area (Å²) in [7, 11) is -2.52. The van der Waals surface area contributed by atoms with Crippen LogP contribution in [0.5, 0.6) is 17.2 Å². The van der Waals surface area contributed by atoms with Gasteiger partial charge in [-0.05, 0) is 49.4 Å². The number of anilines is 2. The first-order chi connectivity index (χ1) is 14.4. The average molecular weight is 424 g/mol. The molecule has 1 amide bonds. The summed E-state index contributed by atoms with van der Waals surface area (Å²) < 4.78 is 39.4. The van der Waals surface area contributed by atoms with Crippen molar-refractivity contribution in [1.82, 2.24) is 0 Å². The molecule has 1 aliphatic heterocycles. The molecule has 0 atom stereocenters. The van der Waals surface area contributed by atoms with Crippen LogP contribution in [0, 0.1) is 0 Å². The van der Waals surface area contributed by atoms with Crippen molar-refractivity contribution in [3.05, 3.63) is 72.3 Å². The van der Waals surface area contributed by atoms with Crippen molar-refractivity contribution in [2.45, 2.75) is 11.8 Å². The molecule has 0 bridgehead atoms. The number of para-hydroxylation sites is 3. The molecule has 0 fully saturated rings. The Hall–Kier alpha value is -3.52. The number of ether oxygens (including phenoxy) is 2. The van der Waals surface area contributed by atoms with Crippen molar-refractivity contribution in [3.8, 4) is 17.2 Å². The number of hydrogen-bond donors (Lipinski definition) is 1. The van der Waals surface area contributed by atoms with Crippen molar-refractivity contribution >= 4 is 27.3 Å². The minimum Gasteiger partial charge on any atom is -0.495 e. The molecule has 30 heavy (non-hydrogen) atoms. The fourth-order valence-corrected chi connectivity index (χ4v) is 4.58. The summed E-state index contributed by atoms with van der Waals surface area (Å²) in [5.74, 6) is 0.889. The van der Waals surface area contributed by atoms with E-state index in [2.05, 4.69) is 4.72 Å². The summed E-state index contributed by atoms with van der Waals surface area (Å²) in [6.45, 7) is 2.31. The highest BCUT2D eigenvalue weighted by Crippen LogP contribution is 2.39. The van der Waals surface area contributed by atoms with Gasteiger partial charge in [0.15, 0.2) is 5.75 Å². The quantitative estimate of drug-likeness (QED) is 0.661. The number of methoxy groups -OCH3 is 1. The van der Waals surface area contributed by atoms with Crippen molar-refractivity contribution in [2.24, 2.45) is 0 Å². The molecule has 0 aliphatic carbocycles. The monoisotopic (exact) mass is 424 g/mol. The van der Waals surface area contributed by atoms with Gasteiger partial charge in [0.25, 0.3) is 15.9 Å². The molecular weight excluding hydrogens is 404 g/mol. The predicted molar refractivity (Wildman–Crippen MR) is 114 cm³/mol. The summed E-state index contributed by atoms with van der Waals surface area (Å²) >= 11 is 0. The van der Waals surface area contributed by atoms with E-state index in [1.807, 2.05) is 25.1 Å². The zero-order chi connectivity index (χ0) is 21.3. The van der Waals surface area contributed by atoms with Crippen LogP contribution in [0.2, 0.25) is 0 Å². The predicted octanol–water partition coefficient (Wildman–Crippen LogP) is 4.27. The molecule has 1 aliphatic rings. The van der Waals surface area contributed by atoms with E-state index in [0.717, 1.165) is 0 Å². The Morgan fingerprint density at radius 3 is 2.50 bits per heavy atom. The van der Waals surface area contributed by atoms with Gasteiger partial charge in [-0.15, -0.1) is 0 Å². The lowest BCUT2D eigenvalue weighted by atomic mass is 10.1. The van der Waals surface area contributed by atoms with E-state index in [9.17, 15) is 13.2 Å². The molecule has 0 saturated carbocycles. The summed E-state index contributed by atoms with van der Waals surface area (Å²) in [4.78, 5) is 14.8. The third-order valence-electron chi connectivity index (χ3n) is 4.76. The zero-order valence-electron chi connectivity index (χ0n) is 16.5. The third-order valence-corrected chi connectivity index (χ3v) is 6.18. The van der Waals surface area contributed by atoms with E-state index in [4.69, 9.17) is 9.47 Å². The zero-order valence-corrected chi connectivity index (χ0v) is 17.3. The number of rotatable bonds is 5. The number of benzene rings is 3. The number of nitrogens with one attached hydrogen (secondary N) is 1. The number of hydrogen-bond acceptors (Lipinski definition) is 5. The van der Waals surface area contributed by atoms with Crippen molar-refractivity contribution in [1.29, 1.82) is 0 Å². The largest absolute Gasteiger partial charge is 0.495 e. The number of nitrogens with zero attached hydrogens (tertiary/aromatic N) is 1. The van der Waals surface area contributed by atoms with Crippen LogP contribution in [0.15, 0.2) is 71.6 Å². The average Bonchev–Trinajstić information content (AvgIpc) is 2.87. The molecule has 0 unspecified atom stereocenters. The molecule has 1 N–H and O–H groups in total. The Labute approximate surface area is 174 Å². The number of amides is 1. The normalized spacial score (nSPS) is 13.0. The molecule has 0 spiro atoms. The molecule has 154 valence electrons. The van der Waals surface area contributed by atoms with Gasteiger partial charge in [0.2, 0.25) is 0 Å². The lowest BCUT2D eigenvalue weighted by molar-refractivity contribution is 0.0988. The summed E-state index contributed by atoms with van der Waals surface area (Å²) in [6.07, 6.45) is 0. The van der Waals surface area contributed by atoms with E-state index in [0.29, 0.717) is 23.7 Å². The molecule has 0 aromatic heterocycles. The maximum Gasteiger partial charge on any atom is 0.265 e. The van der Waals surface area contributed by atoms with Crippen LogP contribution in [0.25, 0.3) is 0 Å². The van der Waals surface area contributed by atoms with Gasteiger partial charge in [-0.2, -0.15) is 0 Å². The van der Waals surface area contributed by atoms with Gasteiger partial charge in [-0.3, -0.25) is 9.52 Å². The molecule has 3 aromatic carbocycles. The molecule has 7 nitrogen and oxygen atoms in total. The first kappa shape index (κ1) is 19.8. The highest BCUT2D eigenvalue weighted by Gasteiger charge is 2.28. The molecule has 0 radical (unpaired) electrons. The van der Waals surface area contributed by atoms with E-state index < -0.39 is 10.0 Å². The Kier molecular flexibility index (Phi) is 5.09. The van der Waals surface area contributed by atoms with Gasteiger partial charge in [0.05, 0.1) is 18.4 Å². The summed E-state index contributed by atoms with van der Waals surface area (Å²) in [5.41, 5.74) is 1.18. The van der Waals surface area contributed by atoms with E-state index >= 15 is 0 Å². The van der Waals surface area contributed by atoms with Crippen LogP contribution >= 0.6 is 0 Å². The second-order valence-corrected chi connectivity index (χ2v) is 8.24. The lowest BCUT2D eigenvalue weighted by Crippen LogP contribution is -2.29. The second kappa shape index (κ2) is 7.72. The van der Waals surface area contributed by atoms with Crippen LogP contribution < -0.4 is 19.1 Å². The first-order valence-corrected chi connectivity index (χ1v) is 10.8. The van der Waals surface area contributed by atoms with Crippen LogP contribution in [-0.4, -0.2) is 28.0 Å². The second-order valence-electron chi connectivity index (χ2n) is 6.59. The van der Waals surface area contributed by atoms with Crippen molar-refractivity contribution in [3.63, 3.8) is 0 Å². The third kappa shape index (κ3) is 3.46. The van der Waals surface area contributed by atoms with Gasteiger partial charge >= 0.3 is 0 Å². The Bertz CT molecular complexity index is 1220. The van der Waals surface area contributed by atoms with Crippen molar-refractivity contribution in [2.75, 3.05) is 23.3 Å². The molecule has 3 aromatic rings. The SMILES string of the molecule is CCN1C(=O)c2cc(NS(=O)(=O)c3ccccc3OC)ccc2Oc2ccccc21. The van der Waals surface area contributed by atoms with Gasteiger partial charge < -0.3 is 14.4 Å². The van der Waals surface area contributed by atoms with Crippen LogP contribution in [-0.2, 0) is 10.0 Å². The Morgan fingerprint density at radius 1 is 1.00 bits per heavy atom. The molecular formula is C22H20N2O5S. The van der Waals surface area contributed by atoms with Crippen LogP contribution in [0.1, 0.15) is 17.3 Å². The molecule has 8 heteroatoms. The lowest BCUT2D eigenvalue weighted by Gasteiger charge is -2.20. The fourth-order valence-electron chi connectivity index (χ4n) is 3.35. The maximum atomic E-state index is 13.2. The van der Waals surface area contributed by atoms with E-state index in [1.165, 1.54) is 19.2 Å².